The summed E-state index contributed by atoms with van der Waals surface area (Å²) < 4.78 is 12.8. The molecule has 1 rings (SSSR count). The molecule has 78 valence electrons. The third-order valence-corrected chi connectivity index (χ3v) is 2.27. The molecule has 0 fully saturated rings. The van der Waals surface area contributed by atoms with Crippen molar-refractivity contribution < 1.29 is 9.50 Å². The van der Waals surface area contributed by atoms with Crippen molar-refractivity contribution in [3.63, 3.8) is 0 Å². The zero-order chi connectivity index (χ0) is 10.6. The maximum Gasteiger partial charge on any atom is 0.141 e. The molecule has 0 aromatic heterocycles. The van der Waals surface area contributed by atoms with E-state index in [-0.39, 0.29) is 17.7 Å². The normalized spacial score (nSPS) is 12.9. The molecule has 0 bridgehead atoms. The van der Waals surface area contributed by atoms with Crippen molar-refractivity contribution in [1.29, 1.82) is 0 Å². The molecule has 4 heteroatoms. The first-order chi connectivity index (χ1) is 6.69. The van der Waals surface area contributed by atoms with E-state index in [0.717, 1.165) is 12.1 Å². The van der Waals surface area contributed by atoms with Crippen molar-refractivity contribution in [2.45, 2.75) is 13.0 Å². The monoisotopic (exact) mass is 217 g/mol. The Kier molecular flexibility index (Phi) is 4.32. The first-order valence-corrected chi connectivity index (χ1v) is 4.86. The SMILES string of the molecule is CCNC(CO)c1ccc(F)c(Cl)c1. The van der Waals surface area contributed by atoms with E-state index in [9.17, 15) is 4.39 Å². The fraction of sp³-hybridized carbons (Fsp3) is 0.400. The van der Waals surface area contributed by atoms with Gasteiger partial charge < -0.3 is 10.4 Å². The van der Waals surface area contributed by atoms with Crippen LogP contribution in [0.3, 0.4) is 0 Å². The van der Waals surface area contributed by atoms with E-state index < -0.39 is 5.82 Å². The Morgan fingerprint density at radius 2 is 2.29 bits per heavy atom. The number of rotatable bonds is 4. The first-order valence-electron chi connectivity index (χ1n) is 4.48. The van der Waals surface area contributed by atoms with Gasteiger partial charge >= 0.3 is 0 Å². The number of aliphatic hydroxyl groups is 1. The van der Waals surface area contributed by atoms with Crippen LogP contribution in [0.25, 0.3) is 0 Å². The number of halogens is 2. The van der Waals surface area contributed by atoms with Gasteiger partial charge in [-0.25, -0.2) is 4.39 Å². The minimum absolute atomic E-state index is 0.0319. The average molecular weight is 218 g/mol. The highest BCUT2D eigenvalue weighted by Crippen LogP contribution is 2.20. The van der Waals surface area contributed by atoms with Gasteiger partial charge in [0.15, 0.2) is 0 Å². The van der Waals surface area contributed by atoms with Crippen molar-refractivity contribution in [2.75, 3.05) is 13.2 Å². The van der Waals surface area contributed by atoms with Crippen LogP contribution in [0.1, 0.15) is 18.5 Å². The van der Waals surface area contributed by atoms with Crippen LogP contribution >= 0.6 is 11.6 Å². The smallest absolute Gasteiger partial charge is 0.141 e. The quantitative estimate of drug-likeness (QED) is 0.810. The van der Waals surface area contributed by atoms with Crippen LogP contribution in [0.2, 0.25) is 5.02 Å². The van der Waals surface area contributed by atoms with Crippen LogP contribution in [0.5, 0.6) is 0 Å². The maximum atomic E-state index is 12.8. The van der Waals surface area contributed by atoms with Gasteiger partial charge in [-0.3, -0.25) is 0 Å². The van der Waals surface area contributed by atoms with Crippen LogP contribution in [-0.2, 0) is 0 Å². The first kappa shape index (κ1) is 11.4. The highest BCUT2D eigenvalue weighted by Gasteiger charge is 2.10. The summed E-state index contributed by atoms with van der Waals surface area (Å²) in [5, 5.41) is 12.2. The molecule has 0 aliphatic rings. The summed E-state index contributed by atoms with van der Waals surface area (Å²) >= 11 is 5.63. The standard InChI is InChI=1S/C10H13ClFNO/c1-2-13-10(6-14)7-3-4-9(12)8(11)5-7/h3-5,10,13-14H,2,6H2,1H3. The predicted octanol–water partition coefficient (Wildman–Crippen LogP) is 2.12. The highest BCUT2D eigenvalue weighted by molar-refractivity contribution is 6.30. The van der Waals surface area contributed by atoms with Gasteiger partial charge in [-0.1, -0.05) is 24.6 Å². The summed E-state index contributed by atoms with van der Waals surface area (Å²) in [5.74, 6) is -0.441. The van der Waals surface area contributed by atoms with Gasteiger partial charge in [0.25, 0.3) is 0 Å². The fourth-order valence-electron chi connectivity index (χ4n) is 1.26. The lowest BCUT2D eigenvalue weighted by Gasteiger charge is -2.15. The summed E-state index contributed by atoms with van der Waals surface area (Å²) in [6.07, 6.45) is 0. The van der Waals surface area contributed by atoms with Crippen LogP contribution in [0.4, 0.5) is 4.39 Å². The van der Waals surface area contributed by atoms with E-state index in [1.54, 1.807) is 6.07 Å². The summed E-state index contributed by atoms with van der Waals surface area (Å²) in [6.45, 7) is 2.64. The van der Waals surface area contributed by atoms with E-state index in [1.165, 1.54) is 12.1 Å². The lowest BCUT2D eigenvalue weighted by atomic mass is 10.1. The van der Waals surface area contributed by atoms with Gasteiger partial charge in [-0.2, -0.15) is 0 Å². The number of hydrogen-bond donors (Lipinski definition) is 2. The van der Waals surface area contributed by atoms with Crippen molar-refractivity contribution in [1.82, 2.24) is 5.32 Å². The molecule has 0 heterocycles. The molecule has 2 nitrogen and oxygen atoms in total. The minimum atomic E-state index is -0.441. The molecule has 14 heavy (non-hydrogen) atoms. The second-order valence-electron chi connectivity index (χ2n) is 2.97. The van der Waals surface area contributed by atoms with Gasteiger partial charge in [0.05, 0.1) is 17.7 Å². The second kappa shape index (κ2) is 5.29. The zero-order valence-corrected chi connectivity index (χ0v) is 8.68. The Hall–Kier alpha value is -0.640. The van der Waals surface area contributed by atoms with Crippen LogP contribution in [-0.4, -0.2) is 18.3 Å². The molecule has 2 N–H and O–H groups in total. The highest BCUT2D eigenvalue weighted by atomic mass is 35.5. The number of nitrogens with one attached hydrogen (secondary N) is 1. The molecule has 0 saturated carbocycles. The van der Waals surface area contributed by atoms with Crippen molar-refractivity contribution in [2.24, 2.45) is 0 Å². The molecule has 0 spiro atoms. The summed E-state index contributed by atoms with van der Waals surface area (Å²) in [4.78, 5) is 0. The molecular formula is C10H13ClFNO. The van der Waals surface area contributed by atoms with Crippen molar-refractivity contribution in [3.05, 3.63) is 34.6 Å². The van der Waals surface area contributed by atoms with Crippen LogP contribution in [0.15, 0.2) is 18.2 Å². The number of aliphatic hydroxyl groups excluding tert-OH is 1. The molecule has 1 aromatic rings. The number of benzene rings is 1. The van der Waals surface area contributed by atoms with E-state index >= 15 is 0 Å². The van der Waals surface area contributed by atoms with Crippen LogP contribution < -0.4 is 5.32 Å². The summed E-state index contributed by atoms with van der Waals surface area (Å²) in [7, 11) is 0. The van der Waals surface area contributed by atoms with Crippen molar-refractivity contribution >= 4 is 11.6 Å². The fourth-order valence-corrected chi connectivity index (χ4v) is 1.45. The maximum absolute atomic E-state index is 12.8. The number of hydrogen-bond acceptors (Lipinski definition) is 2. The van der Waals surface area contributed by atoms with E-state index in [4.69, 9.17) is 16.7 Å². The Balaban J connectivity index is 2.88. The topological polar surface area (TPSA) is 32.3 Å². The van der Waals surface area contributed by atoms with Crippen molar-refractivity contribution in [3.8, 4) is 0 Å². The lowest BCUT2D eigenvalue weighted by molar-refractivity contribution is 0.246. The summed E-state index contributed by atoms with van der Waals surface area (Å²) in [5.41, 5.74) is 0.792. The summed E-state index contributed by atoms with van der Waals surface area (Å²) in [6, 6.07) is 4.26. The molecule has 0 aliphatic heterocycles. The average Bonchev–Trinajstić information content (AvgIpc) is 2.19. The van der Waals surface area contributed by atoms with E-state index in [1.807, 2.05) is 6.92 Å². The Labute approximate surface area is 87.7 Å². The third kappa shape index (κ3) is 2.67. The van der Waals surface area contributed by atoms with Gasteiger partial charge in [0, 0.05) is 0 Å². The van der Waals surface area contributed by atoms with Gasteiger partial charge in [0.2, 0.25) is 0 Å². The molecule has 1 unspecified atom stereocenters. The molecule has 0 aliphatic carbocycles. The Bertz CT molecular complexity index is 306. The lowest BCUT2D eigenvalue weighted by Crippen LogP contribution is -2.23. The Morgan fingerprint density at radius 1 is 1.57 bits per heavy atom. The van der Waals surface area contributed by atoms with Gasteiger partial charge in [0.1, 0.15) is 5.82 Å². The zero-order valence-electron chi connectivity index (χ0n) is 7.93. The third-order valence-electron chi connectivity index (χ3n) is 1.98. The van der Waals surface area contributed by atoms with Gasteiger partial charge in [-0.15, -0.1) is 0 Å². The number of likely N-dealkylation sites (N-methyl/N-ethyl adjacent to an activating group) is 1. The van der Waals surface area contributed by atoms with E-state index in [0.29, 0.717) is 0 Å². The second-order valence-corrected chi connectivity index (χ2v) is 3.37. The molecule has 1 aromatic carbocycles. The molecule has 0 saturated heterocycles. The van der Waals surface area contributed by atoms with Crippen LogP contribution in [0, 0.1) is 5.82 Å². The Morgan fingerprint density at radius 3 is 2.79 bits per heavy atom. The molecule has 1 atom stereocenters. The van der Waals surface area contributed by atoms with E-state index in [2.05, 4.69) is 5.32 Å². The molecule has 0 amide bonds. The largest absolute Gasteiger partial charge is 0.394 e. The van der Waals surface area contributed by atoms with Gasteiger partial charge in [-0.05, 0) is 24.2 Å². The molecular weight excluding hydrogens is 205 g/mol. The minimum Gasteiger partial charge on any atom is -0.394 e. The predicted molar refractivity (Wildman–Crippen MR) is 54.9 cm³/mol. The molecule has 0 radical (unpaired) electrons.